The molecule has 2 aromatic carbocycles. The third-order valence-corrected chi connectivity index (χ3v) is 4.28. The predicted molar refractivity (Wildman–Crippen MR) is 86.5 cm³/mol. The number of aryl methyl sites for hydroxylation is 3. The quantitative estimate of drug-likeness (QED) is 0.898. The van der Waals surface area contributed by atoms with Crippen LogP contribution in [-0.4, -0.2) is 13.2 Å². The molecule has 0 radical (unpaired) electrons. The van der Waals surface area contributed by atoms with Crippen LogP contribution in [0.4, 0.5) is 0 Å². The van der Waals surface area contributed by atoms with Gasteiger partial charge in [0.25, 0.3) is 0 Å². The van der Waals surface area contributed by atoms with Gasteiger partial charge in [-0.2, -0.15) is 0 Å². The summed E-state index contributed by atoms with van der Waals surface area (Å²) in [7, 11) is 0. The van der Waals surface area contributed by atoms with Gasteiger partial charge in [-0.3, -0.25) is 0 Å². The van der Waals surface area contributed by atoms with Gasteiger partial charge in [0.05, 0.1) is 18.8 Å². The molecule has 1 N–H and O–H groups in total. The molecule has 2 atom stereocenters. The molecular formula is C19H23NO. The molecule has 2 aromatic rings. The van der Waals surface area contributed by atoms with E-state index in [4.69, 9.17) is 4.74 Å². The normalized spacial score (nSPS) is 22.2. The molecule has 2 nitrogen and oxygen atoms in total. The van der Waals surface area contributed by atoms with Crippen molar-refractivity contribution >= 4 is 0 Å². The summed E-state index contributed by atoms with van der Waals surface area (Å²) < 4.78 is 6.17. The number of morpholine rings is 1. The van der Waals surface area contributed by atoms with E-state index in [1.165, 1.54) is 27.8 Å². The van der Waals surface area contributed by atoms with Gasteiger partial charge in [-0.25, -0.2) is 0 Å². The molecule has 0 bridgehead atoms. The van der Waals surface area contributed by atoms with Crippen LogP contribution >= 0.6 is 0 Å². The molecule has 1 saturated heterocycles. The highest BCUT2D eigenvalue weighted by Gasteiger charge is 2.25. The van der Waals surface area contributed by atoms with Gasteiger partial charge in [0.2, 0.25) is 0 Å². The minimum Gasteiger partial charge on any atom is -0.370 e. The number of nitrogens with one attached hydrogen (secondary N) is 1. The first kappa shape index (κ1) is 14.3. The Hall–Kier alpha value is -1.64. The second kappa shape index (κ2) is 6.00. The molecule has 0 aromatic heterocycles. The number of ether oxygens (including phenoxy) is 1. The van der Waals surface area contributed by atoms with Gasteiger partial charge in [-0.05, 0) is 43.0 Å². The largest absolute Gasteiger partial charge is 0.370 e. The molecule has 1 aliphatic heterocycles. The van der Waals surface area contributed by atoms with E-state index in [1.807, 2.05) is 0 Å². The van der Waals surface area contributed by atoms with Crippen molar-refractivity contribution < 1.29 is 4.74 Å². The molecule has 1 heterocycles. The Bertz CT molecular complexity index is 590. The van der Waals surface area contributed by atoms with E-state index in [0.29, 0.717) is 6.04 Å². The number of benzene rings is 2. The van der Waals surface area contributed by atoms with Crippen molar-refractivity contribution in [1.29, 1.82) is 0 Å². The van der Waals surface area contributed by atoms with Gasteiger partial charge in [-0.15, -0.1) is 0 Å². The average molecular weight is 281 g/mol. The predicted octanol–water partition coefficient (Wildman–Crippen LogP) is 4.01. The minimum absolute atomic E-state index is 0.158. The number of rotatable bonds is 2. The third-order valence-electron chi connectivity index (χ3n) is 4.28. The first-order valence-corrected chi connectivity index (χ1v) is 7.63. The van der Waals surface area contributed by atoms with Crippen molar-refractivity contribution in [2.45, 2.75) is 32.9 Å². The molecule has 0 saturated carbocycles. The SMILES string of the molecule is Cc1cc(C)c(C2CNC(c3ccccc3)CO2)c(C)c1. The monoisotopic (exact) mass is 281 g/mol. The first-order chi connectivity index (χ1) is 10.1. The lowest BCUT2D eigenvalue weighted by molar-refractivity contribution is 0.00170. The van der Waals surface area contributed by atoms with E-state index in [2.05, 4.69) is 68.6 Å². The first-order valence-electron chi connectivity index (χ1n) is 7.63. The number of hydrogen-bond donors (Lipinski definition) is 1. The summed E-state index contributed by atoms with van der Waals surface area (Å²) in [6, 6.07) is 15.3. The van der Waals surface area contributed by atoms with E-state index in [9.17, 15) is 0 Å². The molecule has 0 amide bonds. The van der Waals surface area contributed by atoms with Crippen molar-refractivity contribution in [2.24, 2.45) is 0 Å². The molecular weight excluding hydrogens is 258 g/mol. The summed E-state index contributed by atoms with van der Waals surface area (Å²) in [6.07, 6.45) is 0.158. The highest BCUT2D eigenvalue weighted by Crippen LogP contribution is 2.30. The summed E-state index contributed by atoms with van der Waals surface area (Å²) >= 11 is 0. The Morgan fingerprint density at radius 1 is 1.00 bits per heavy atom. The van der Waals surface area contributed by atoms with Gasteiger partial charge in [0, 0.05) is 6.54 Å². The van der Waals surface area contributed by atoms with E-state index < -0.39 is 0 Å². The molecule has 1 fully saturated rings. The highest BCUT2D eigenvalue weighted by atomic mass is 16.5. The maximum atomic E-state index is 6.17. The summed E-state index contributed by atoms with van der Waals surface area (Å²) in [5, 5.41) is 3.63. The van der Waals surface area contributed by atoms with E-state index in [0.717, 1.165) is 13.2 Å². The topological polar surface area (TPSA) is 21.3 Å². The second-order valence-electron chi connectivity index (χ2n) is 6.01. The maximum Gasteiger partial charge on any atom is 0.0955 e. The Labute approximate surface area is 127 Å². The van der Waals surface area contributed by atoms with Crippen LogP contribution in [-0.2, 0) is 4.74 Å². The van der Waals surface area contributed by atoms with Crippen LogP contribution in [0.5, 0.6) is 0 Å². The highest BCUT2D eigenvalue weighted by molar-refractivity contribution is 5.39. The van der Waals surface area contributed by atoms with Crippen molar-refractivity contribution in [3.05, 3.63) is 70.3 Å². The van der Waals surface area contributed by atoms with Crippen LogP contribution in [0.2, 0.25) is 0 Å². The van der Waals surface area contributed by atoms with Crippen LogP contribution < -0.4 is 5.32 Å². The van der Waals surface area contributed by atoms with Gasteiger partial charge in [0.15, 0.2) is 0 Å². The molecule has 110 valence electrons. The van der Waals surface area contributed by atoms with Crippen LogP contribution in [0, 0.1) is 20.8 Å². The van der Waals surface area contributed by atoms with Crippen LogP contribution in [0.15, 0.2) is 42.5 Å². The van der Waals surface area contributed by atoms with Crippen LogP contribution in [0.1, 0.15) is 40.0 Å². The second-order valence-corrected chi connectivity index (χ2v) is 6.01. The van der Waals surface area contributed by atoms with Crippen molar-refractivity contribution in [1.82, 2.24) is 5.32 Å². The van der Waals surface area contributed by atoms with E-state index >= 15 is 0 Å². The summed E-state index contributed by atoms with van der Waals surface area (Å²) in [4.78, 5) is 0. The molecule has 0 aliphatic carbocycles. The fourth-order valence-electron chi connectivity index (χ4n) is 3.36. The lowest BCUT2D eigenvalue weighted by Gasteiger charge is -2.32. The minimum atomic E-state index is 0.158. The zero-order valence-electron chi connectivity index (χ0n) is 13.0. The van der Waals surface area contributed by atoms with Gasteiger partial charge < -0.3 is 10.1 Å². The van der Waals surface area contributed by atoms with Crippen LogP contribution in [0.3, 0.4) is 0 Å². The fraction of sp³-hybridized carbons (Fsp3) is 0.368. The summed E-state index contributed by atoms with van der Waals surface area (Å²) in [6.45, 7) is 8.10. The molecule has 2 heteroatoms. The fourth-order valence-corrected chi connectivity index (χ4v) is 3.36. The van der Waals surface area contributed by atoms with Crippen molar-refractivity contribution in [2.75, 3.05) is 13.2 Å². The standard InChI is InChI=1S/C19H23NO/c1-13-9-14(2)19(15(3)10-13)18-11-20-17(12-21-18)16-7-5-4-6-8-16/h4-10,17-18,20H,11-12H2,1-3H3. The lowest BCUT2D eigenvalue weighted by atomic mass is 9.94. The Morgan fingerprint density at radius 3 is 2.24 bits per heavy atom. The Morgan fingerprint density at radius 2 is 1.67 bits per heavy atom. The third kappa shape index (κ3) is 3.02. The molecule has 0 spiro atoms. The average Bonchev–Trinajstić information content (AvgIpc) is 2.48. The van der Waals surface area contributed by atoms with Gasteiger partial charge in [-0.1, -0.05) is 48.0 Å². The van der Waals surface area contributed by atoms with Crippen molar-refractivity contribution in [3.8, 4) is 0 Å². The van der Waals surface area contributed by atoms with Gasteiger partial charge >= 0.3 is 0 Å². The van der Waals surface area contributed by atoms with Gasteiger partial charge in [0.1, 0.15) is 0 Å². The maximum absolute atomic E-state index is 6.17. The summed E-state index contributed by atoms with van der Waals surface area (Å²) in [5.41, 5.74) is 6.63. The summed E-state index contributed by atoms with van der Waals surface area (Å²) in [5.74, 6) is 0. The Balaban J connectivity index is 1.75. The molecule has 2 unspecified atom stereocenters. The molecule has 1 aliphatic rings. The van der Waals surface area contributed by atoms with E-state index in [-0.39, 0.29) is 6.10 Å². The molecule has 21 heavy (non-hydrogen) atoms. The smallest absolute Gasteiger partial charge is 0.0955 e. The number of hydrogen-bond acceptors (Lipinski definition) is 2. The molecule has 3 rings (SSSR count). The lowest BCUT2D eigenvalue weighted by Crippen LogP contribution is -2.37. The zero-order chi connectivity index (χ0) is 14.8. The van der Waals surface area contributed by atoms with E-state index in [1.54, 1.807) is 0 Å². The Kier molecular flexibility index (Phi) is 4.09. The van der Waals surface area contributed by atoms with Crippen LogP contribution in [0.25, 0.3) is 0 Å². The zero-order valence-corrected chi connectivity index (χ0v) is 13.0. The van der Waals surface area contributed by atoms with Crippen molar-refractivity contribution in [3.63, 3.8) is 0 Å².